The second-order valence-corrected chi connectivity index (χ2v) is 9.56. The molecule has 0 aliphatic heterocycles. The SMILES string of the molecule is COc1ccc(C(C)=O)cc1CC(=O)N[C@H](C(=O)N[C@@H](CC(=O)O)C(=O)CNC(=O)c1ccccc1OC)C(C)C. The van der Waals surface area contributed by atoms with Gasteiger partial charge >= 0.3 is 5.97 Å². The molecule has 12 nitrogen and oxygen atoms in total. The third-order valence-electron chi connectivity index (χ3n) is 6.16. The van der Waals surface area contributed by atoms with E-state index in [-0.39, 0.29) is 23.5 Å². The Bertz CT molecular complexity index is 1310. The summed E-state index contributed by atoms with van der Waals surface area (Å²) in [5.41, 5.74) is 1.000. The number of hydrogen-bond donors (Lipinski definition) is 4. The Labute approximate surface area is 237 Å². The van der Waals surface area contributed by atoms with Crippen molar-refractivity contribution in [1.82, 2.24) is 16.0 Å². The van der Waals surface area contributed by atoms with Crippen LogP contribution in [-0.2, 0) is 25.6 Å². The van der Waals surface area contributed by atoms with E-state index in [1.165, 1.54) is 33.3 Å². The van der Waals surface area contributed by atoms with Crippen molar-refractivity contribution in [2.75, 3.05) is 20.8 Å². The number of Topliss-reactive ketones (excluding diaryl/α,β-unsaturated/α-hetero) is 2. The number of carbonyl (C=O) groups is 6. The molecule has 2 aromatic rings. The van der Waals surface area contributed by atoms with Gasteiger partial charge in [0.1, 0.15) is 17.5 Å². The lowest BCUT2D eigenvalue weighted by molar-refractivity contribution is -0.140. The number of hydrogen-bond acceptors (Lipinski definition) is 8. The molecule has 0 saturated carbocycles. The molecule has 0 saturated heterocycles. The van der Waals surface area contributed by atoms with E-state index in [9.17, 15) is 33.9 Å². The third-order valence-corrected chi connectivity index (χ3v) is 6.16. The zero-order valence-corrected chi connectivity index (χ0v) is 23.6. The fraction of sp³-hybridized carbons (Fsp3) is 0.379. The zero-order chi connectivity index (χ0) is 30.7. The first kappa shape index (κ1) is 32.5. The van der Waals surface area contributed by atoms with Crippen LogP contribution in [0.1, 0.15) is 53.5 Å². The minimum atomic E-state index is -1.47. The quantitative estimate of drug-likeness (QED) is 0.232. The Balaban J connectivity index is 2.12. The smallest absolute Gasteiger partial charge is 0.305 e. The van der Waals surface area contributed by atoms with Gasteiger partial charge < -0.3 is 30.5 Å². The number of ketones is 2. The topological polar surface area (TPSA) is 177 Å². The highest BCUT2D eigenvalue weighted by molar-refractivity contribution is 6.01. The van der Waals surface area contributed by atoms with Gasteiger partial charge in [0.25, 0.3) is 5.91 Å². The van der Waals surface area contributed by atoms with Gasteiger partial charge in [0.05, 0.1) is 45.2 Å². The summed E-state index contributed by atoms with van der Waals surface area (Å²) in [6.07, 6.45) is -0.934. The fourth-order valence-corrected chi connectivity index (χ4v) is 3.97. The number of carbonyl (C=O) groups excluding carboxylic acids is 5. The number of carboxylic acids is 1. The Morgan fingerprint density at radius 2 is 1.56 bits per heavy atom. The Morgan fingerprint density at radius 3 is 2.15 bits per heavy atom. The average molecular weight is 570 g/mol. The summed E-state index contributed by atoms with van der Waals surface area (Å²) in [5.74, 6) is -3.99. The molecule has 0 aliphatic rings. The highest BCUT2D eigenvalue weighted by atomic mass is 16.5. The van der Waals surface area contributed by atoms with Crippen molar-refractivity contribution in [3.63, 3.8) is 0 Å². The van der Waals surface area contributed by atoms with E-state index in [2.05, 4.69) is 16.0 Å². The molecule has 2 atom stereocenters. The number of rotatable bonds is 15. The lowest BCUT2D eigenvalue weighted by Gasteiger charge is -2.25. The van der Waals surface area contributed by atoms with Crippen molar-refractivity contribution >= 4 is 35.3 Å². The van der Waals surface area contributed by atoms with E-state index in [0.29, 0.717) is 16.9 Å². The molecule has 0 bridgehead atoms. The van der Waals surface area contributed by atoms with E-state index in [4.69, 9.17) is 9.47 Å². The van der Waals surface area contributed by atoms with E-state index in [1.54, 1.807) is 44.2 Å². The molecule has 0 fully saturated rings. The van der Waals surface area contributed by atoms with Gasteiger partial charge in [-0.2, -0.15) is 0 Å². The average Bonchev–Trinajstić information content (AvgIpc) is 2.93. The van der Waals surface area contributed by atoms with Gasteiger partial charge in [-0.3, -0.25) is 28.8 Å². The van der Waals surface area contributed by atoms with Crippen molar-refractivity contribution in [2.45, 2.75) is 45.7 Å². The summed E-state index contributed by atoms with van der Waals surface area (Å²) in [4.78, 5) is 74.7. The highest BCUT2D eigenvalue weighted by Gasteiger charge is 2.30. The largest absolute Gasteiger partial charge is 0.496 e. The van der Waals surface area contributed by atoms with Gasteiger partial charge in [-0.25, -0.2) is 0 Å². The van der Waals surface area contributed by atoms with Crippen molar-refractivity contribution in [3.8, 4) is 11.5 Å². The minimum absolute atomic E-state index is 0.176. The normalized spacial score (nSPS) is 12.0. The molecule has 3 amide bonds. The Kier molecular flexibility index (Phi) is 12.0. The molecule has 0 unspecified atom stereocenters. The Morgan fingerprint density at radius 1 is 0.902 bits per heavy atom. The summed E-state index contributed by atoms with van der Waals surface area (Å²) < 4.78 is 10.4. The molecule has 2 rings (SSSR count). The van der Waals surface area contributed by atoms with Gasteiger partial charge in [0.15, 0.2) is 11.6 Å². The van der Waals surface area contributed by atoms with Gasteiger partial charge in [-0.05, 0) is 43.2 Å². The number of nitrogens with one attached hydrogen (secondary N) is 3. The number of ether oxygens (including phenoxy) is 2. The number of para-hydroxylation sites is 1. The summed E-state index contributed by atoms with van der Waals surface area (Å²) in [6, 6.07) is 8.45. The van der Waals surface area contributed by atoms with Crippen LogP contribution >= 0.6 is 0 Å². The molecule has 0 aliphatic carbocycles. The van der Waals surface area contributed by atoms with Gasteiger partial charge in [0.2, 0.25) is 11.8 Å². The van der Waals surface area contributed by atoms with E-state index < -0.39 is 60.4 Å². The molecular formula is C29H35N3O9. The number of carboxylic acid groups (broad SMARTS) is 1. The summed E-state index contributed by atoms with van der Waals surface area (Å²) >= 11 is 0. The lowest BCUT2D eigenvalue weighted by atomic mass is 10.00. The molecule has 2 aromatic carbocycles. The number of benzene rings is 2. The monoisotopic (exact) mass is 569 g/mol. The predicted molar refractivity (Wildman–Crippen MR) is 148 cm³/mol. The first-order chi connectivity index (χ1) is 19.4. The van der Waals surface area contributed by atoms with Gasteiger partial charge in [0, 0.05) is 11.1 Å². The fourth-order valence-electron chi connectivity index (χ4n) is 3.97. The maximum Gasteiger partial charge on any atom is 0.305 e. The summed E-state index contributed by atoms with van der Waals surface area (Å²) in [6.45, 7) is 4.18. The van der Waals surface area contributed by atoms with Crippen LogP contribution in [0, 0.1) is 5.92 Å². The molecule has 41 heavy (non-hydrogen) atoms. The minimum Gasteiger partial charge on any atom is -0.496 e. The second kappa shape index (κ2) is 15.2. The molecule has 4 N–H and O–H groups in total. The van der Waals surface area contributed by atoms with Crippen LogP contribution in [0.5, 0.6) is 11.5 Å². The molecule has 12 heteroatoms. The van der Waals surface area contributed by atoms with Crippen molar-refractivity contribution in [1.29, 1.82) is 0 Å². The predicted octanol–water partition coefficient (Wildman–Crippen LogP) is 1.55. The molecule has 220 valence electrons. The molecular weight excluding hydrogens is 534 g/mol. The van der Waals surface area contributed by atoms with Crippen LogP contribution in [0.4, 0.5) is 0 Å². The molecule has 0 aromatic heterocycles. The maximum absolute atomic E-state index is 13.1. The van der Waals surface area contributed by atoms with Crippen LogP contribution in [-0.4, -0.2) is 73.2 Å². The standard InChI is InChI=1S/C29H35N3O9/c1-16(2)27(32-25(35)13-19-12-18(17(3)33)10-11-23(19)40-4)29(39)31-21(14-26(36)37)22(34)15-30-28(38)20-8-6-7-9-24(20)41-5/h6-12,16,21,27H,13-15H2,1-5H3,(H,30,38)(H,31,39)(H,32,35)(H,36,37)/t21-,27-/m0/s1. The van der Waals surface area contributed by atoms with Crippen LogP contribution < -0.4 is 25.4 Å². The van der Waals surface area contributed by atoms with Crippen molar-refractivity contribution in [2.24, 2.45) is 5.92 Å². The van der Waals surface area contributed by atoms with Crippen LogP contribution in [0.25, 0.3) is 0 Å². The Hall–Kier alpha value is -4.74. The van der Waals surface area contributed by atoms with E-state index >= 15 is 0 Å². The first-order valence-electron chi connectivity index (χ1n) is 12.8. The van der Waals surface area contributed by atoms with Crippen LogP contribution in [0.3, 0.4) is 0 Å². The second-order valence-electron chi connectivity index (χ2n) is 9.56. The number of amides is 3. The van der Waals surface area contributed by atoms with Gasteiger partial charge in [-0.1, -0.05) is 26.0 Å². The summed E-state index contributed by atoms with van der Waals surface area (Å²) in [7, 11) is 2.81. The molecule has 0 heterocycles. The lowest BCUT2D eigenvalue weighted by Crippen LogP contribution is -2.55. The van der Waals surface area contributed by atoms with Gasteiger partial charge in [-0.15, -0.1) is 0 Å². The highest BCUT2D eigenvalue weighted by Crippen LogP contribution is 2.21. The van der Waals surface area contributed by atoms with Crippen LogP contribution in [0.2, 0.25) is 0 Å². The van der Waals surface area contributed by atoms with Crippen molar-refractivity contribution < 1.29 is 43.3 Å². The third kappa shape index (κ3) is 9.45. The molecule has 0 radical (unpaired) electrons. The van der Waals surface area contributed by atoms with E-state index in [0.717, 1.165) is 0 Å². The zero-order valence-electron chi connectivity index (χ0n) is 23.6. The first-order valence-corrected chi connectivity index (χ1v) is 12.8. The number of aliphatic carboxylic acids is 1. The van der Waals surface area contributed by atoms with Crippen LogP contribution in [0.15, 0.2) is 42.5 Å². The maximum atomic E-state index is 13.1. The molecule has 0 spiro atoms. The van der Waals surface area contributed by atoms with E-state index in [1.807, 2.05) is 0 Å². The number of methoxy groups -OCH3 is 2. The van der Waals surface area contributed by atoms with Crippen molar-refractivity contribution in [3.05, 3.63) is 59.2 Å². The summed E-state index contributed by atoms with van der Waals surface area (Å²) in [5, 5.41) is 16.8.